The third-order valence-corrected chi connectivity index (χ3v) is 2.66. The molecule has 0 aliphatic rings. The van der Waals surface area contributed by atoms with Crippen LogP contribution in [0.25, 0.3) is 0 Å². The highest BCUT2D eigenvalue weighted by Gasteiger charge is 2.05. The van der Waals surface area contributed by atoms with Crippen molar-refractivity contribution in [3.63, 3.8) is 0 Å². The molecule has 1 nitrogen and oxygen atoms in total. The SMILES string of the molecule is COc1csc(Cl)c1Cl. The van der Waals surface area contributed by atoms with Crippen LogP contribution in [0.4, 0.5) is 0 Å². The molecule has 1 rings (SSSR count). The molecule has 9 heavy (non-hydrogen) atoms. The molecular weight excluding hydrogens is 179 g/mol. The van der Waals surface area contributed by atoms with Gasteiger partial charge in [-0.15, -0.1) is 11.3 Å². The first-order chi connectivity index (χ1) is 4.25. The Kier molecular flexibility index (Phi) is 2.22. The number of halogens is 2. The second kappa shape index (κ2) is 2.78. The highest BCUT2D eigenvalue weighted by atomic mass is 35.5. The first kappa shape index (κ1) is 7.19. The molecule has 4 heteroatoms. The van der Waals surface area contributed by atoms with Crippen LogP contribution < -0.4 is 4.74 Å². The van der Waals surface area contributed by atoms with Crippen molar-refractivity contribution in [1.29, 1.82) is 0 Å². The van der Waals surface area contributed by atoms with Crippen molar-refractivity contribution in [3.05, 3.63) is 14.7 Å². The van der Waals surface area contributed by atoms with E-state index in [1.807, 2.05) is 0 Å². The lowest BCUT2D eigenvalue weighted by atomic mass is 10.6. The van der Waals surface area contributed by atoms with Gasteiger partial charge in [-0.25, -0.2) is 0 Å². The zero-order valence-corrected chi connectivity index (χ0v) is 6.98. The molecule has 50 valence electrons. The van der Waals surface area contributed by atoms with Crippen LogP contribution in [0.5, 0.6) is 5.75 Å². The van der Waals surface area contributed by atoms with Gasteiger partial charge in [-0.05, 0) is 0 Å². The van der Waals surface area contributed by atoms with Crippen LogP contribution in [-0.2, 0) is 0 Å². The summed E-state index contributed by atoms with van der Waals surface area (Å²) in [4.78, 5) is 0. The molecule has 0 saturated heterocycles. The number of hydrogen-bond donors (Lipinski definition) is 0. The third-order valence-electron chi connectivity index (χ3n) is 0.878. The van der Waals surface area contributed by atoms with Crippen molar-refractivity contribution < 1.29 is 4.74 Å². The van der Waals surface area contributed by atoms with Gasteiger partial charge < -0.3 is 4.74 Å². The fourth-order valence-electron chi connectivity index (χ4n) is 0.443. The van der Waals surface area contributed by atoms with Crippen LogP contribution >= 0.6 is 34.5 Å². The monoisotopic (exact) mass is 182 g/mol. The molecule has 0 atom stereocenters. The lowest BCUT2D eigenvalue weighted by Crippen LogP contribution is -1.77. The summed E-state index contributed by atoms with van der Waals surface area (Å²) in [6.07, 6.45) is 0. The molecule has 1 aromatic rings. The summed E-state index contributed by atoms with van der Waals surface area (Å²) in [6, 6.07) is 0. The molecule has 0 saturated carbocycles. The Labute approximate surface area is 67.2 Å². The fraction of sp³-hybridized carbons (Fsp3) is 0.200. The Morgan fingerprint density at radius 3 is 2.44 bits per heavy atom. The van der Waals surface area contributed by atoms with E-state index >= 15 is 0 Å². The van der Waals surface area contributed by atoms with Crippen molar-refractivity contribution in [2.24, 2.45) is 0 Å². The summed E-state index contributed by atoms with van der Waals surface area (Å²) in [7, 11) is 1.56. The summed E-state index contributed by atoms with van der Waals surface area (Å²) >= 11 is 12.6. The number of thiophene rings is 1. The average molecular weight is 183 g/mol. The van der Waals surface area contributed by atoms with E-state index < -0.39 is 0 Å². The van der Waals surface area contributed by atoms with Gasteiger partial charge in [0.05, 0.1) is 7.11 Å². The Balaban J connectivity index is 3.04. The predicted molar refractivity (Wildman–Crippen MR) is 40.9 cm³/mol. The van der Waals surface area contributed by atoms with Gasteiger partial charge in [-0.3, -0.25) is 0 Å². The number of ether oxygens (including phenoxy) is 1. The molecule has 0 fully saturated rings. The first-order valence-electron chi connectivity index (χ1n) is 2.22. The van der Waals surface area contributed by atoms with E-state index in [1.165, 1.54) is 11.3 Å². The van der Waals surface area contributed by atoms with E-state index in [1.54, 1.807) is 12.5 Å². The second-order valence-corrected chi connectivity index (χ2v) is 3.25. The van der Waals surface area contributed by atoms with Crippen molar-refractivity contribution in [2.75, 3.05) is 7.11 Å². The highest BCUT2D eigenvalue weighted by Crippen LogP contribution is 2.37. The quantitative estimate of drug-likeness (QED) is 0.650. The lowest BCUT2D eigenvalue weighted by Gasteiger charge is -1.92. The maximum absolute atomic E-state index is 5.66. The van der Waals surface area contributed by atoms with Crippen LogP contribution in [0.15, 0.2) is 5.38 Å². The van der Waals surface area contributed by atoms with Crippen LogP contribution in [-0.4, -0.2) is 7.11 Å². The normalized spacial score (nSPS) is 9.67. The van der Waals surface area contributed by atoms with Crippen LogP contribution in [0, 0.1) is 0 Å². The third kappa shape index (κ3) is 1.31. The van der Waals surface area contributed by atoms with Gasteiger partial charge in [0, 0.05) is 5.38 Å². The second-order valence-electron chi connectivity index (χ2n) is 1.39. The molecule has 0 spiro atoms. The Morgan fingerprint density at radius 1 is 1.56 bits per heavy atom. The number of methoxy groups -OCH3 is 1. The number of rotatable bonds is 1. The Bertz CT molecular complexity index is 209. The smallest absolute Gasteiger partial charge is 0.149 e. The first-order valence-corrected chi connectivity index (χ1v) is 3.85. The topological polar surface area (TPSA) is 9.23 Å². The molecule has 0 unspecified atom stereocenters. The van der Waals surface area contributed by atoms with Crippen molar-refractivity contribution in [3.8, 4) is 5.75 Å². The van der Waals surface area contributed by atoms with Gasteiger partial charge in [0.15, 0.2) is 0 Å². The molecule has 0 aromatic carbocycles. The highest BCUT2D eigenvalue weighted by molar-refractivity contribution is 7.15. The maximum Gasteiger partial charge on any atom is 0.149 e. The minimum atomic E-state index is 0.504. The summed E-state index contributed by atoms with van der Waals surface area (Å²) in [5.74, 6) is 0.645. The summed E-state index contributed by atoms with van der Waals surface area (Å²) in [6.45, 7) is 0. The minimum absolute atomic E-state index is 0.504. The lowest BCUT2D eigenvalue weighted by molar-refractivity contribution is 0.417. The zero-order chi connectivity index (χ0) is 6.85. The summed E-state index contributed by atoms with van der Waals surface area (Å²) in [5, 5.41) is 2.27. The molecule has 0 aliphatic carbocycles. The minimum Gasteiger partial charge on any atom is -0.494 e. The van der Waals surface area contributed by atoms with Crippen LogP contribution in [0.3, 0.4) is 0 Å². The van der Waals surface area contributed by atoms with E-state index in [9.17, 15) is 0 Å². The van der Waals surface area contributed by atoms with Gasteiger partial charge in [0.2, 0.25) is 0 Å². The summed E-state index contributed by atoms with van der Waals surface area (Å²) < 4.78 is 5.44. The van der Waals surface area contributed by atoms with Crippen molar-refractivity contribution >= 4 is 34.5 Å². The molecule has 0 aliphatic heterocycles. The van der Waals surface area contributed by atoms with Crippen molar-refractivity contribution in [2.45, 2.75) is 0 Å². The van der Waals surface area contributed by atoms with Crippen LogP contribution in [0.1, 0.15) is 0 Å². The van der Waals surface area contributed by atoms with Gasteiger partial charge in [-0.1, -0.05) is 23.2 Å². The predicted octanol–water partition coefficient (Wildman–Crippen LogP) is 3.06. The molecule has 1 aromatic heterocycles. The fourth-order valence-corrected chi connectivity index (χ4v) is 1.63. The number of hydrogen-bond acceptors (Lipinski definition) is 2. The molecule has 0 radical (unpaired) electrons. The van der Waals surface area contributed by atoms with Crippen molar-refractivity contribution in [1.82, 2.24) is 0 Å². The molecule has 0 N–H and O–H groups in total. The van der Waals surface area contributed by atoms with Gasteiger partial charge >= 0.3 is 0 Å². The largest absolute Gasteiger partial charge is 0.494 e. The molecular formula is C5H4Cl2OS. The molecule has 0 amide bonds. The van der Waals surface area contributed by atoms with Gasteiger partial charge in [0.1, 0.15) is 15.1 Å². The molecule has 1 heterocycles. The van der Waals surface area contributed by atoms with E-state index in [0.717, 1.165) is 0 Å². The Hall–Kier alpha value is 0.0800. The zero-order valence-electron chi connectivity index (χ0n) is 4.65. The summed E-state index contributed by atoms with van der Waals surface area (Å²) in [5.41, 5.74) is 0. The van der Waals surface area contributed by atoms with E-state index in [2.05, 4.69) is 0 Å². The van der Waals surface area contributed by atoms with E-state index in [4.69, 9.17) is 27.9 Å². The average Bonchev–Trinajstić information content (AvgIpc) is 2.15. The Morgan fingerprint density at radius 2 is 2.22 bits per heavy atom. The van der Waals surface area contributed by atoms with E-state index in [-0.39, 0.29) is 0 Å². The maximum atomic E-state index is 5.66. The van der Waals surface area contributed by atoms with E-state index in [0.29, 0.717) is 15.1 Å². The van der Waals surface area contributed by atoms with Gasteiger partial charge in [-0.2, -0.15) is 0 Å². The van der Waals surface area contributed by atoms with Crippen LogP contribution in [0.2, 0.25) is 9.36 Å². The van der Waals surface area contributed by atoms with Gasteiger partial charge in [0.25, 0.3) is 0 Å². The standard InChI is InChI=1S/C5H4Cl2OS/c1-8-3-2-9-5(7)4(3)6/h2H,1H3. The molecule has 0 bridgehead atoms.